The van der Waals surface area contributed by atoms with Gasteiger partial charge in [0.1, 0.15) is 0 Å². The number of thiazole rings is 1. The summed E-state index contributed by atoms with van der Waals surface area (Å²) in [5, 5.41) is 3.29. The van der Waals surface area contributed by atoms with Crippen LogP contribution in [0.15, 0.2) is 5.38 Å². The van der Waals surface area contributed by atoms with Crippen LogP contribution >= 0.6 is 11.3 Å². The number of aromatic nitrogens is 1. The molecule has 1 saturated heterocycles. The Bertz CT molecular complexity index is 414. The number of aryl methyl sites for hydroxylation is 1. The first-order valence-electron chi connectivity index (χ1n) is 7.72. The minimum atomic E-state index is 0.104. The van der Waals surface area contributed by atoms with Crippen LogP contribution in [0.1, 0.15) is 50.2 Å². The number of piperidine rings is 1. The zero-order valence-corrected chi connectivity index (χ0v) is 13.8. The Morgan fingerprint density at radius 1 is 1.45 bits per heavy atom. The van der Waals surface area contributed by atoms with Gasteiger partial charge in [-0.25, -0.2) is 4.98 Å². The minimum Gasteiger partial charge on any atom is -0.296 e. The van der Waals surface area contributed by atoms with E-state index in [2.05, 4.69) is 41.5 Å². The standard InChI is InChI=1S/C15H28N4S/c1-4-15(3,19-8-6-5-7-9-19)14(18-16)10-13-11-20-12(2)17-13/h11,14,18H,4-10,16H2,1-3H3. The number of nitrogens with two attached hydrogens (primary N) is 1. The molecule has 20 heavy (non-hydrogen) atoms. The minimum absolute atomic E-state index is 0.104. The summed E-state index contributed by atoms with van der Waals surface area (Å²) in [7, 11) is 0. The second-order valence-corrected chi connectivity index (χ2v) is 7.10. The fourth-order valence-electron chi connectivity index (χ4n) is 3.26. The maximum absolute atomic E-state index is 5.89. The van der Waals surface area contributed by atoms with Gasteiger partial charge < -0.3 is 0 Å². The van der Waals surface area contributed by atoms with Gasteiger partial charge in [0.05, 0.1) is 10.7 Å². The molecule has 1 aromatic heterocycles. The Morgan fingerprint density at radius 2 is 2.15 bits per heavy atom. The summed E-state index contributed by atoms with van der Waals surface area (Å²) in [4.78, 5) is 7.22. The summed E-state index contributed by atoms with van der Waals surface area (Å²) in [6.45, 7) is 9.06. The van der Waals surface area contributed by atoms with Crippen LogP contribution in [-0.2, 0) is 6.42 Å². The maximum Gasteiger partial charge on any atom is 0.0897 e. The topological polar surface area (TPSA) is 54.2 Å². The van der Waals surface area contributed by atoms with E-state index >= 15 is 0 Å². The van der Waals surface area contributed by atoms with Gasteiger partial charge in [0.15, 0.2) is 0 Å². The second kappa shape index (κ2) is 6.98. The van der Waals surface area contributed by atoms with E-state index in [9.17, 15) is 0 Å². The highest BCUT2D eigenvalue weighted by Gasteiger charge is 2.38. The molecule has 0 amide bonds. The maximum atomic E-state index is 5.89. The lowest BCUT2D eigenvalue weighted by molar-refractivity contribution is 0.0427. The molecular weight excluding hydrogens is 268 g/mol. The van der Waals surface area contributed by atoms with Crippen LogP contribution in [0.5, 0.6) is 0 Å². The smallest absolute Gasteiger partial charge is 0.0897 e. The molecule has 0 saturated carbocycles. The quantitative estimate of drug-likeness (QED) is 0.625. The zero-order chi connectivity index (χ0) is 14.6. The first-order chi connectivity index (χ1) is 9.60. The summed E-state index contributed by atoms with van der Waals surface area (Å²) in [6, 6.07) is 0.243. The molecule has 5 heteroatoms. The molecule has 0 radical (unpaired) electrons. The largest absolute Gasteiger partial charge is 0.296 e. The van der Waals surface area contributed by atoms with Crippen molar-refractivity contribution in [2.24, 2.45) is 5.84 Å². The molecule has 3 N–H and O–H groups in total. The van der Waals surface area contributed by atoms with Gasteiger partial charge in [0.2, 0.25) is 0 Å². The zero-order valence-electron chi connectivity index (χ0n) is 13.0. The van der Waals surface area contributed by atoms with Crippen molar-refractivity contribution in [1.82, 2.24) is 15.3 Å². The number of hydrogen-bond acceptors (Lipinski definition) is 5. The molecule has 1 aliphatic heterocycles. The van der Waals surface area contributed by atoms with Crippen molar-refractivity contribution < 1.29 is 0 Å². The van der Waals surface area contributed by atoms with E-state index in [1.165, 1.54) is 32.4 Å². The number of nitrogens with zero attached hydrogens (tertiary/aromatic N) is 2. The third-order valence-electron chi connectivity index (χ3n) is 4.83. The molecule has 0 aliphatic carbocycles. The molecule has 1 aromatic rings. The van der Waals surface area contributed by atoms with Crippen LogP contribution in [0.25, 0.3) is 0 Å². The molecule has 1 fully saturated rings. The van der Waals surface area contributed by atoms with Crippen molar-refractivity contribution >= 4 is 11.3 Å². The summed E-state index contributed by atoms with van der Waals surface area (Å²) < 4.78 is 0. The van der Waals surface area contributed by atoms with E-state index < -0.39 is 0 Å². The number of hydrogen-bond donors (Lipinski definition) is 2. The molecule has 114 valence electrons. The monoisotopic (exact) mass is 296 g/mol. The number of likely N-dealkylation sites (tertiary alicyclic amines) is 1. The molecule has 2 atom stereocenters. The van der Waals surface area contributed by atoms with Crippen molar-refractivity contribution in [3.8, 4) is 0 Å². The van der Waals surface area contributed by atoms with Crippen molar-refractivity contribution in [2.75, 3.05) is 13.1 Å². The molecule has 2 rings (SSSR count). The van der Waals surface area contributed by atoms with Crippen molar-refractivity contribution in [2.45, 2.75) is 64.5 Å². The molecule has 0 spiro atoms. The Balaban J connectivity index is 2.12. The molecule has 4 nitrogen and oxygen atoms in total. The summed E-state index contributed by atoms with van der Waals surface area (Å²) in [5.41, 5.74) is 4.33. The summed E-state index contributed by atoms with van der Waals surface area (Å²) >= 11 is 1.72. The van der Waals surface area contributed by atoms with Gasteiger partial charge in [0.25, 0.3) is 0 Å². The summed E-state index contributed by atoms with van der Waals surface area (Å²) in [6.07, 6.45) is 5.99. The number of hydrazine groups is 1. The highest BCUT2D eigenvalue weighted by atomic mass is 32.1. The lowest BCUT2D eigenvalue weighted by Crippen LogP contribution is -2.62. The van der Waals surface area contributed by atoms with E-state index in [4.69, 9.17) is 5.84 Å². The lowest BCUT2D eigenvalue weighted by Gasteiger charge is -2.47. The van der Waals surface area contributed by atoms with Crippen LogP contribution in [0.2, 0.25) is 0 Å². The van der Waals surface area contributed by atoms with Crippen molar-refractivity contribution in [1.29, 1.82) is 0 Å². The van der Waals surface area contributed by atoms with Crippen LogP contribution in [0.4, 0.5) is 0 Å². The molecule has 0 aromatic carbocycles. The van der Waals surface area contributed by atoms with Crippen LogP contribution in [-0.4, -0.2) is 34.6 Å². The normalized spacial score (nSPS) is 21.6. The predicted molar refractivity (Wildman–Crippen MR) is 85.8 cm³/mol. The Kier molecular flexibility index (Phi) is 5.55. The Morgan fingerprint density at radius 3 is 2.65 bits per heavy atom. The molecule has 2 unspecified atom stereocenters. The molecular formula is C15H28N4S. The average molecular weight is 296 g/mol. The first kappa shape index (κ1) is 15.9. The third-order valence-corrected chi connectivity index (χ3v) is 5.65. The van der Waals surface area contributed by atoms with Gasteiger partial charge in [-0.3, -0.25) is 16.2 Å². The highest BCUT2D eigenvalue weighted by molar-refractivity contribution is 7.09. The first-order valence-corrected chi connectivity index (χ1v) is 8.60. The van der Waals surface area contributed by atoms with E-state index in [0.29, 0.717) is 0 Å². The van der Waals surface area contributed by atoms with Gasteiger partial charge in [-0.2, -0.15) is 0 Å². The van der Waals surface area contributed by atoms with Gasteiger partial charge in [-0.15, -0.1) is 11.3 Å². The molecule has 2 heterocycles. The van der Waals surface area contributed by atoms with Gasteiger partial charge in [0, 0.05) is 23.4 Å². The number of nitrogens with one attached hydrogen (secondary N) is 1. The Labute approximate surface area is 126 Å². The average Bonchev–Trinajstić information content (AvgIpc) is 2.90. The fraction of sp³-hybridized carbons (Fsp3) is 0.800. The molecule has 0 bridgehead atoms. The second-order valence-electron chi connectivity index (χ2n) is 6.04. The van der Waals surface area contributed by atoms with Crippen LogP contribution < -0.4 is 11.3 Å². The van der Waals surface area contributed by atoms with Gasteiger partial charge >= 0.3 is 0 Å². The van der Waals surface area contributed by atoms with Crippen molar-refractivity contribution in [3.63, 3.8) is 0 Å². The lowest BCUT2D eigenvalue weighted by atomic mass is 9.83. The number of rotatable bonds is 6. The van der Waals surface area contributed by atoms with E-state index in [1.54, 1.807) is 11.3 Å². The third kappa shape index (κ3) is 3.39. The van der Waals surface area contributed by atoms with E-state index in [1.807, 2.05) is 0 Å². The van der Waals surface area contributed by atoms with Crippen LogP contribution in [0.3, 0.4) is 0 Å². The highest BCUT2D eigenvalue weighted by Crippen LogP contribution is 2.29. The van der Waals surface area contributed by atoms with Gasteiger partial charge in [-0.1, -0.05) is 13.3 Å². The van der Waals surface area contributed by atoms with E-state index in [0.717, 1.165) is 23.5 Å². The molecule has 1 aliphatic rings. The fourth-order valence-corrected chi connectivity index (χ4v) is 3.89. The van der Waals surface area contributed by atoms with Gasteiger partial charge in [-0.05, 0) is 46.2 Å². The SMILES string of the molecule is CCC(C)(C(Cc1csc(C)n1)NN)N1CCCCC1. The van der Waals surface area contributed by atoms with E-state index in [-0.39, 0.29) is 11.6 Å². The van der Waals surface area contributed by atoms with Crippen molar-refractivity contribution in [3.05, 3.63) is 16.1 Å². The Hall–Kier alpha value is -0.490. The summed E-state index contributed by atoms with van der Waals surface area (Å²) in [5.74, 6) is 5.89. The van der Waals surface area contributed by atoms with Crippen LogP contribution in [0, 0.1) is 6.92 Å². The predicted octanol–water partition coefficient (Wildman–Crippen LogP) is 2.48.